The fourth-order valence-electron chi connectivity index (χ4n) is 2.26. The minimum absolute atomic E-state index is 0.0377. The summed E-state index contributed by atoms with van der Waals surface area (Å²) in [5, 5.41) is 10.9. The van der Waals surface area contributed by atoms with Gasteiger partial charge in [0.1, 0.15) is 5.75 Å². The van der Waals surface area contributed by atoms with Crippen molar-refractivity contribution in [2.45, 2.75) is 33.3 Å². The number of carbonyl (C=O) groups excluding carboxylic acids is 1. The predicted molar refractivity (Wildman–Crippen MR) is 75.0 cm³/mol. The summed E-state index contributed by atoms with van der Waals surface area (Å²) in [6.07, 6.45) is 0.245. The molecule has 20 heavy (non-hydrogen) atoms. The molecule has 1 atom stereocenters. The summed E-state index contributed by atoms with van der Waals surface area (Å²) in [7, 11) is 0. The third-order valence-corrected chi connectivity index (χ3v) is 3.26. The SMILES string of the molecule is CCCN1C(=O)C(C(C)C)Oc2ccc([N+](=O)[O-])cc21. The van der Waals surface area contributed by atoms with Gasteiger partial charge in [0, 0.05) is 18.7 Å². The Kier molecular flexibility index (Phi) is 3.92. The molecule has 0 fully saturated rings. The predicted octanol–water partition coefficient (Wildman–Crippen LogP) is 2.75. The lowest BCUT2D eigenvalue weighted by Crippen LogP contribution is -2.48. The van der Waals surface area contributed by atoms with Gasteiger partial charge in [0.2, 0.25) is 0 Å². The van der Waals surface area contributed by atoms with Crippen molar-refractivity contribution in [1.29, 1.82) is 0 Å². The van der Waals surface area contributed by atoms with E-state index in [1.165, 1.54) is 12.1 Å². The second kappa shape index (κ2) is 5.48. The molecular weight excluding hydrogens is 260 g/mol. The number of carbonyl (C=O) groups is 1. The summed E-state index contributed by atoms with van der Waals surface area (Å²) in [5.74, 6) is 0.447. The number of benzene rings is 1. The number of nitro groups is 1. The highest BCUT2D eigenvalue weighted by atomic mass is 16.6. The number of nitro benzene ring substituents is 1. The highest BCUT2D eigenvalue weighted by Crippen LogP contribution is 2.38. The van der Waals surface area contributed by atoms with Crippen molar-refractivity contribution in [3.63, 3.8) is 0 Å². The molecule has 1 unspecified atom stereocenters. The van der Waals surface area contributed by atoms with Gasteiger partial charge in [-0.2, -0.15) is 0 Å². The van der Waals surface area contributed by atoms with Gasteiger partial charge in [0.05, 0.1) is 10.6 Å². The fourth-order valence-corrected chi connectivity index (χ4v) is 2.26. The van der Waals surface area contributed by atoms with Crippen LogP contribution in [0, 0.1) is 16.0 Å². The third-order valence-electron chi connectivity index (χ3n) is 3.26. The number of rotatable bonds is 4. The lowest BCUT2D eigenvalue weighted by atomic mass is 10.0. The molecule has 6 nitrogen and oxygen atoms in total. The van der Waals surface area contributed by atoms with E-state index < -0.39 is 11.0 Å². The molecule has 0 spiro atoms. The lowest BCUT2D eigenvalue weighted by Gasteiger charge is -2.35. The first-order valence-corrected chi connectivity index (χ1v) is 6.72. The Bertz CT molecular complexity index is 542. The number of ether oxygens (including phenoxy) is 1. The molecule has 0 saturated heterocycles. The normalized spacial score (nSPS) is 17.9. The minimum Gasteiger partial charge on any atom is -0.478 e. The first-order valence-electron chi connectivity index (χ1n) is 6.72. The van der Waals surface area contributed by atoms with Gasteiger partial charge in [-0.25, -0.2) is 0 Å². The van der Waals surface area contributed by atoms with Gasteiger partial charge in [-0.3, -0.25) is 14.9 Å². The summed E-state index contributed by atoms with van der Waals surface area (Å²) in [4.78, 5) is 24.4. The van der Waals surface area contributed by atoms with E-state index in [0.717, 1.165) is 6.42 Å². The minimum atomic E-state index is -0.532. The molecule has 0 N–H and O–H groups in total. The van der Waals surface area contributed by atoms with Crippen molar-refractivity contribution >= 4 is 17.3 Å². The first kappa shape index (κ1) is 14.3. The molecule has 0 radical (unpaired) electrons. The maximum atomic E-state index is 12.4. The molecule has 1 heterocycles. The highest BCUT2D eigenvalue weighted by molar-refractivity contribution is 6.00. The molecule has 108 valence electrons. The van der Waals surface area contributed by atoms with E-state index >= 15 is 0 Å². The maximum Gasteiger partial charge on any atom is 0.271 e. The maximum absolute atomic E-state index is 12.4. The van der Waals surface area contributed by atoms with Gasteiger partial charge in [-0.15, -0.1) is 0 Å². The topological polar surface area (TPSA) is 72.7 Å². The van der Waals surface area contributed by atoms with Gasteiger partial charge < -0.3 is 9.64 Å². The van der Waals surface area contributed by atoms with Crippen LogP contribution in [-0.2, 0) is 4.79 Å². The van der Waals surface area contributed by atoms with E-state index in [1.807, 2.05) is 20.8 Å². The number of hydrogen-bond donors (Lipinski definition) is 0. The van der Waals surface area contributed by atoms with Crippen LogP contribution < -0.4 is 9.64 Å². The van der Waals surface area contributed by atoms with Crippen LogP contribution in [0.5, 0.6) is 5.75 Å². The second-order valence-corrected chi connectivity index (χ2v) is 5.18. The van der Waals surface area contributed by atoms with E-state index in [9.17, 15) is 14.9 Å². The van der Waals surface area contributed by atoms with Crippen LogP contribution in [0.4, 0.5) is 11.4 Å². The number of amides is 1. The molecule has 1 aromatic rings. The Morgan fingerprint density at radius 3 is 2.70 bits per heavy atom. The Balaban J connectivity index is 2.48. The van der Waals surface area contributed by atoms with E-state index in [4.69, 9.17) is 4.74 Å². The van der Waals surface area contributed by atoms with Crippen molar-refractivity contribution in [2.24, 2.45) is 5.92 Å². The van der Waals surface area contributed by atoms with Gasteiger partial charge in [0.15, 0.2) is 6.10 Å². The van der Waals surface area contributed by atoms with E-state index in [2.05, 4.69) is 0 Å². The van der Waals surface area contributed by atoms with E-state index in [0.29, 0.717) is 18.0 Å². The zero-order valence-corrected chi connectivity index (χ0v) is 11.8. The Labute approximate surface area is 117 Å². The standard InChI is InChI=1S/C14H18N2O4/c1-4-7-15-11-8-10(16(18)19)5-6-12(11)20-13(9(2)3)14(15)17/h5-6,8-9,13H,4,7H2,1-3H3. The smallest absolute Gasteiger partial charge is 0.271 e. The number of non-ortho nitro benzene ring substituents is 1. The quantitative estimate of drug-likeness (QED) is 0.627. The summed E-state index contributed by atoms with van der Waals surface area (Å²) in [5.41, 5.74) is 0.451. The highest BCUT2D eigenvalue weighted by Gasteiger charge is 2.36. The van der Waals surface area contributed by atoms with Gasteiger partial charge in [-0.1, -0.05) is 20.8 Å². The lowest BCUT2D eigenvalue weighted by molar-refractivity contribution is -0.384. The zero-order chi connectivity index (χ0) is 14.9. The molecule has 0 aliphatic carbocycles. The van der Waals surface area contributed by atoms with Gasteiger partial charge in [0.25, 0.3) is 11.6 Å². The average Bonchev–Trinajstić information content (AvgIpc) is 2.40. The number of nitrogens with zero attached hydrogens (tertiary/aromatic N) is 2. The molecule has 2 rings (SSSR count). The van der Waals surface area contributed by atoms with Crippen molar-refractivity contribution in [2.75, 3.05) is 11.4 Å². The Morgan fingerprint density at radius 1 is 1.45 bits per heavy atom. The molecule has 1 aliphatic rings. The van der Waals surface area contributed by atoms with Gasteiger partial charge >= 0.3 is 0 Å². The zero-order valence-electron chi connectivity index (χ0n) is 11.8. The van der Waals surface area contributed by atoms with Crippen LogP contribution in [0.1, 0.15) is 27.2 Å². The largest absolute Gasteiger partial charge is 0.478 e. The number of fused-ring (bicyclic) bond motifs is 1. The van der Waals surface area contributed by atoms with Crippen molar-refractivity contribution in [3.05, 3.63) is 28.3 Å². The first-order chi connectivity index (χ1) is 9.45. The van der Waals surface area contributed by atoms with Crippen molar-refractivity contribution in [1.82, 2.24) is 0 Å². The van der Waals surface area contributed by atoms with Crippen molar-refractivity contribution < 1.29 is 14.5 Å². The van der Waals surface area contributed by atoms with Gasteiger partial charge in [-0.05, 0) is 18.4 Å². The fraction of sp³-hybridized carbons (Fsp3) is 0.500. The van der Waals surface area contributed by atoms with E-state index in [-0.39, 0.29) is 17.5 Å². The summed E-state index contributed by atoms with van der Waals surface area (Å²) < 4.78 is 5.70. The number of anilines is 1. The summed E-state index contributed by atoms with van der Waals surface area (Å²) in [6.45, 7) is 6.33. The molecule has 0 aromatic heterocycles. The average molecular weight is 278 g/mol. The molecule has 1 aromatic carbocycles. The Hall–Kier alpha value is -2.11. The summed E-state index contributed by atoms with van der Waals surface area (Å²) >= 11 is 0. The summed E-state index contributed by atoms with van der Waals surface area (Å²) in [6, 6.07) is 4.37. The Morgan fingerprint density at radius 2 is 2.15 bits per heavy atom. The molecule has 0 saturated carbocycles. The second-order valence-electron chi connectivity index (χ2n) is 5.18. The molecule has 0 bridgehead atoms. The molecule has 1 amide bonds. The van der Waals surface area contributed by atoms with Crippen LogP contribution in [-0.4, -0.2) is 23.5 Å². The van der Waals surface area contributed by atoms with Crippen LogP contribution >= 0.6 is 0 Å². The van der Waals surface area contributed by atoms with Crippen LogP contribution in [0.15, 0.2) is 18.2 Å². The number of hydrogen-bond acceptors (Lipinski definition) is 4. The van der Waals surface area contributed by atoms with Crippen LogP contribution in [0.3, 0.4) is 0 Å². The van der Waals surface area contributed by atoms with Crippen LogP contribution in [0.2, 0.25) is 0 Å². The van der Waals surface area contributed by atoms with Crippen molar-refractivity contribution in [3.8, 4) is 5.75 Å². The monoisotopic (exact) mass is 278 g/mol. The van der Waals surface area contributed by atoms with E-state index in [1.54, 1.807) is 11.0 Å². The molecule has 1 aliphatic heterocycles. The third kappa shape index (κ3) is 2.45. The molecule has 6 heteroatoms. The molecular formula is C14H18N2O4. The van der Waals surface area contributed by atoms with Crippen LogP contribution in [0.25, 0.3) is 0 Å².